The van der Waals surface area contributed by atoms with Crippen molar-refractivity contribution in [2.75, 3.05) is 5.32 Å². The monoisotopic (exact) mass is 293 g/mol. The molecule has 0 bridgehead atoms. The first kappa shape index (κ1) is 15.1. The van der Waals surface area contributed by atoms with Gasteiger partial charge in [0.05, 0.1) is 10.0 Å². The zero-order valence-corrected chi connectivity index (χ0v) is 11.4. The second kappa shape index (κ2) is 6.81. The Morgan fingerprint density at radius 2 is 2.00 bits per heavy atom. The lowest BCUT2D eigenvalue weighted by Gasteiger charge is -2.16. The lowest BCUT2D eigenvalue weighted by atomic mass is 10.1. The minimum atomic E-state index is -0.958. The van der Waals surface area contributed by atoms with Crippen molar-refractivity contribution >= 4 is 34.9 Å². The molecule has 0 aliphatic rings. The van der Waals surface area contributed by atoms with Crippen LogP contribution >= 0.6 is 23.2 Å². The summed E-state index contributed by atoms with van der Waals surface area (Å²) in [7, 11) is 0. The summed E-state index contributed by atoms with van der Waals surface area (Å²) >= 11 is 11.3. The molecule has 2 N–H and O–H groups in total. The molecule has 18 heavy (non-hydrogen) atoms. The zero-order valence-electron chi connectivity index (χ0n) is 9.84. The fourth-order valence-electron chi connectivity index (χ4n) is 1.51. The van der Waals surface area contributed by atoms with Gasteiger partial charge in [0.25, 0.3) is 0 Å². The molecule has 100 valence electrons. The molecule has 0 saturated carbocycles. The third-order valence-corrected chi connectivity index (χ3v) is 3.02. The molecule has 0 aromatic heterocycles. The third-order valence-electron chi connectivity index (χ3n) is 2.47. The van der Waals surface area contributed by atoms with Crippen LogP contribution in [0, 0.1) is 5.82 Å². The summed E-state index contributed by atoms with van der Waals surface area (Å²) in [5, 5.41) is 11.6. The Kier molecular flexibility index (Phi) is 5.69. The summed E-state index contributed by atoms with van der Waals surface area (Å²) in [5.74, 6) is -1.66. The number of rotatable bonds is 6. The Bertz CT molecular complexity index is 417. The van der Waals surface area contributed by atoms with Crippen LogP contribution in [0.5, 0.6) is 0 Å². The molecule has 6 heteroatoms. The normalized spacial score (nSPS) is 12.2. The lowest BCUT2D eigenvalue weighted by Crippen LogP contribution is -2.29. The quantitative estimate of drug-likeness (QED) is 0.773. The Hall–Kier alpha value is -1.00. The van der Waals surface area contributed by atoms with E-state index in [-0.39, 0.29) is 10.0 Å². The van der Waals surface area contributed by atoms with Gasteiger partial charge in [-0.2, -0.15) is 0 Å². The second-order valence-corrected chi connectivity index (χ2v) is 4.75. The van der Waals surface area contributed by atoms with E-state index < -0.39 is 17.8 Å². The standard InChI is InChI=1S/C12H14Cl2FNO2/c1-2-3-4-10(12(17)18)16-7-5-8(13)11(15)9(14)6-7/h5-6,10,16H,2-4H2,1H3,(H,17,18). The summed E-state index contributed by atoms with van der Waals surface area (Å²) in [4.78, 5) is 11.0. The number of carbonyl (C=O) groups is 1. The number of carboxylic acid groups (broad SMARTS) is 1. The summed E-state index contributed by atoms with van der Waals surface area (Å²) in [6, 6.07) is 1.91. The molecule has 3 nitrogen and oxygen atoms in total. The first-order valence-electron chi connectivity index (χ1n) is 5.59. The van der Waals surface area contributed by atoms with Crippen molar-refractivity contribution in [3.05, 3.63) is 28.0 Å². The van der Waals surface area contributed by atoms with Gasteiger partial charge in [0.1, 0.15) is 6.04 Å². The maximum Gasteiger partial charge on any atom is 0.326 e. The number of hydrogen-bond acceptors (Lipinski definition) is 2. The average molecular weight is 294 g/mol. The number of benzene rings is 1. The van der Waals surface area contributed by atoms with Gasteiger partial charge in [-0.3, -0.25) is 0 Å². The van der Waals surface area contributed by atoms with Crippen LogP contribution < -0.4 is 5.32 Å². The zero-order chi connectivity index (χ0) is 13.7. The van der Waals surface area contributed by atoms with E-state index in [1.54, 1.807) is 0 Å². The molecule has 0 aliphatic carbocycles. The van der Waals surface area contributed by atoms with Gasteiger partial charge in [-0.05, 0) is 18.6 Å². The Morgan fingerprint density at radius 3 is 2.44 bits per heavy atom. The predicted molar refractivity (Wildman–Crippen MR) is 71.0 cm³/mol. The highest BCUT2D eigenvalue weighted by Gasteiger charge is 2.17. The van der Waals surface area contributed by atoms with Gasteiger partial charge in [-0.1, -0.05) is 43.0 Å². The summed E-state index contributed by atoms with van der Waals surface area (Å²) in [6.07, 6.45) is 2.17. The van der Waals surface area contributed by atoms with E-state index in [0.29, 0.717) is 12.1 Å². The molecular formula is C12H14Cl2FNO2. The molecule has 0 saturated heterocycles. The lowest BCUT2D eigenvalue weighted by molar-refractivity contribution is -0.138. The molecule has 1 aromatic rings. The molecule has 1 unspecified atom stereocenters. The van der Waals surface area contributed by atoms with E-state index >= 15 is 0 Å². The predicted octanol–water partition coefficient (Wildman–Crippen LogP) is 4.19. The largest absolute Gasteiger partial charge is 0.480 e. The van der Waals surface area contributed by atoms with E-state index in [4.69, 9.17) is 28.3 Å². The number of unbranched alkanes of at least 4 members (excludes halogenated alkanes) is 1. The van der Waals surface area contributed by atoms with Crippen LogP contribution in [0.3, 0.4) is 0 Å². The fraction of sp³-hybridized carbons (Fsp3) is 0.417. The van der Waals surface area contributed by atoms with Crippen LogP contribution in [-0.2, 0) is 4.79 Å². The summed E-state index contributed by atoms with van der Waals surface area (Å²) in [6.45, 7) is 1.98. The highest BCUT2D eigenvalue weighted by molar-refractivity contribution is 6.35. The van der Waals surface area contributed by atoms with E-state index in [1.807, 2.05) is 6.92 Å². The van der Waals surface area contributed by atoms with Crippen molar-refractivity contribution in [3.8, 4) is 0 Å². The van der Waals surface area contributed by atoms with Crippen LogP contribution in [0.2, 0.25) is 10.0 Å². The first-order valence-corrected chi connectivity index (χ1v) is 6.35. The number of carboxylic acids is 1. The Balaban J connectivity index is 2.84. The topological polar surface area (TPSA) is 49.3 Å². The molecule has 0 aliphatic heterocycles. The molecule has 1 atom stereocenters. The summed E-state index contributed by atoms with van der Waals surface area (Å²) < 4.78 is 13.2. The Morgan fingerprint density at radius 1 is 1.44 bits per heavy atom. The molecule has 0 heterocycles. The maximum absolute atomic E-state index is 13.2. The molecule has 0 fully saturated rings. The van der Waals surface area contributed by atoms with Crippen molar-refractivity contribution in [1.29, 1.82) is 0 Å². The highest BCUT2D eigenvalue weighted by Crippen LogP contribution is 2.28. The highest BCUT2D eigenvalue weighted by atomic mass is 35.5. The van der Waals surface area contributed by atoms with Crippen molar-refractivity contribution in [2.24, 2.45) is 0 Å². The summed E-state index contributed by atoms with van der Waals surface area (Å²) in [5.41, 5.74) is 0.398. The molecule has 1 rings (SSSR count). The van der Waals surface area contributed by atoms with Gasteiger partial charge in [0.2, 0.25) is 0 Å². The molecule has 0 spiro atoms. The smallest absolute Gasteiger partial charge is 0.326 e. The number of hydrogen-bond donors (Lipinski definition) is 2. The van der Waals surface area contributed by atoms with Crippen LogP contribution in [-0.4, -0.2) is 17.1 Å². The van der Waals surface area contributed by atoms with E-state index in [0.717, 1.165) is 12.8 Å². The van der Waals surface area contributed by atoms with Gasteiger partial charge in [-0.15, -0.1) is 0 Å². The van der Waals surface area contributed by atoms with Crippen molar-refractivity contribution < 1.29 is 14.3 Å². The van der Waals surface area contributed by atoms with Crippen LogP contribution in [0.15, 0.2) is 12.1 Å². The average Bonchev–Trinajstić information content (AvgIpc) is 2.30. The Labute approximate surface area is 115 Å². The number of anilines is 1. The van der Waals surface area contributed by atoms with Crippen LogP contribution in [0.1, 0.15) is 26.2 Å². The van der Waals surface area contributed by atoms with Gasteiger partial charge in [-0.25, -0.2) is 9.18 Å². The second-order valence-electron chi connectivity index (χ2n) is 3.93. The van der Waals surface area contributed by atoms with Crippen LogP contribution in [0.4, 0.5) is 10.1 Å². The van der Waals surface area contributed by atoms with Gasteiger partial charge >= 0.3 is 5.97 Å². The van der Waals surface area contributed by atoms with Crippen molar-refractivity contribution in [2.45, 2.75) is 32.2 Å². The number of halogens is 3. The first-order chi connectivity index (χ1) is 8.45. The number of aliphatic carboxylic acids is 1. The fourth-order valence-corrected chi connectivity index (χ4v) is 1.99. The van der Waals surface area contributed by atoms with Crippen LogP contribution in [0.25, 0.3) is 0 Å². The van der Waals surface area contributed by atoms with E-state index in [2.05, 4.69) is 5.32 Å². The van der Waals surface area contributed by atoms with E-state index in [9.17, 15) is 9.18 Å². The van der Waals surface area contributed by atoms with Gasteiger partial charge in [0.15, 0.2) is 5.82 Å². The van der Waals surface area contributed by atoms with E-state index in [1.165, 1.54) is 12.1 Å². The molecular weight excluding hydrogens is 280 g/mol. The maximum atomic E-state index is 13.2. The van der Waals surface area contributed by atoms with Crippen molar-refractivity contribution in [3.63, 3.8) is 0 Å². The molecule has 0 amide bonds. The number of nitrogens with one attached hydrogen (secondary N) is 1. The third kappa shape index (κ3) is 4.03. The molecule has 0 radical (unpaired) electrons. The SMILES string of the molecule is CCCCC(Nc1cc(Cl)c(F)c(Cl)c1)C(=O)O. The molecule has 1 aromatic carbocycles. The minimum Gasteiger partial charge on any atom is -0.480 e. The minimum absolute atomic E-state index is 0.135. The van der Waals surface area contributed by atoms with Gasteiger partial charge in [0, 0.05) is 5.69 Å². The van der Waals surface area contributed by atoms with Crippen molar-refractivity contribution in [1.82, 2.24) is 0 Å². The van der Waals surface area contributed by atoms with Gasteiger partial charge < -0.3 is 10.4 Å².